The van der Waals surface area contributed by atoms with Gasteiger partial charge in [-0.05, 0) is 11.6 Å². The van der Waals surface area contributed by atoms with E-state index in [1.807, 2.05) is 6.07 Å². The Morgan fingerprint density at radius 2 is 2.00 bits per heavy atom. The van der Waals surface area contributed by atoms with Gasteiger partial charge in [-0.1, -0.05) is 12.1 Å². The van der Waals surface area contributed by atoms with E-state index >= 15 is 0 Å². The highest BCUT2D eigenvalue weighted by Gasteiger charge is 2.15. The molecule has 1 aromatic rings. The molecular formula is C13H17NO4S. The fraction of sp³-hybridized carbons (Fsp3) is 0.385. The third kappa shape index (κ3) is 4.48. The predicted octanol–water partition coefficient (Wildman–Crippen LogP) is 1.85. The zero-order valence-electron chi connectivity index (χ0n) is 11.0. The molecule has 1 aromatic carbocycles. The average Bonchev–Trinajstić information content (AvgIpc) is 2.42. The topological polar surface area (TPSA) is 78.6 Å². The molecule has 0 saturated carbocycles. The van der Waals surface area contributed by atoms with Gasteiger partial charge in [0.05, 0.1) is 26.2 Å². The van der Waals surface area contributed by atoms with E-state index in [9.17, 15) is 9.59 Å². The van der Waals surface area contributed by atoms with Gasteiger partial charge in [-0.2, -0.15) is 11.8 Å². The van der Waals surface area contributed by atoms with Crippen molar-refractivity contribution in [2.75, 3.05) is 25.7 Å². The lowest BCUT2D eigenvalue weighted by Gasteiger charge is -2.10. The summed E-state index contributed by atoms with van der Waals surface area (Å²) in [5.74, 6) is 0.532. The maximum atomic E-state index is 11.7. The number of anilines is 1. The number of nitrogen functional groups attached to an aromatic ring is 1. The summed E-state index contributed by atoms with van der Waals surface area (Å²) in [6.07, 6.45) is 0.344. The molecule has 0 radical (unpaired) electrons. The van der Waals surface area contributed by atoms with E-state index in [0.717, 1.165) is 5.56 Å². The van der Waals surface area contributed by atoms with Crippen molar-refractivity contribution in [1.82, 2.24) is 0 Å². The van der Waals surface area contributed by atoms with Gasteiger partial charge in [0.15, 0.2) is 0 Å². The first-order valence-corrected chi connectivity index (χ1v) is 6.85. The molecule has 5 nitrogen and oxygen atoms in total. The molecule has 0 unspecified atom stereocenters. The molecule has 0 aromatic heterocycles. The van der Waals surface area contributed by atoms with Gasteiger partial charge in [-0.15, -0.1) is 0 Å². The monoisotopic (exact) mass is 283 g/mol. The van der Waals surface area contributed by atoms with Crippen LogP contribution < -0.4 is 5.73 Å². The van der Waals surface area contributed by atoms with Crippen LogP contribution in [0.15, 0.2) is 18.2 Å². The summed E-state index contributed by atoms with van der Waals surface area (Å²) in [6.45, 7) is 0. The summed E-state index contributed by atoms with van der Waals surface area (Å²) >= 11 is 1.54. The number of rotatable bonds is 6. The van der Waals surface area contributed by atoms with E-state index in [2.05, 4.69) is 4.74 Å². The van der Waals surface area contributed by atoms with Crippen LogP contribution >= 0.6 is 11.8 Å². The van der Waals surface area contributed by atoms with Crippen molar-refractivity contribution in [2.24, 2.45) is 0 Å². The lowest BCUT2D eigenvalue weighted by Crippen LogP contribution is -2.09. The Kier molecular flexibility index (Phi) is 6.21. The van der Waals surface area contributed by atoms with Gasteiger partial charge >= 0.3 is 11.9 Å². The third-order valence-corrected chi connectivity index (χ3v) is 3.52. The molecule has 0 spiro atoms. The third-order valence-electron chi connectivity index (χ3n) is 2.51. The molecular weight excluding hydrogens is 266 g/mol. The van der Waals surface area contributed by atoms with Crippen LogP contribution in [0.1, 0.15) is 22.3 Å². The number of ether oxygens (including phenoxy) is 2. The smallest absolute Gasteiger partial charge is 0.340 e. The molecule has 104 valence electrons. The molecule has 0 aliphatic carbocycles. The van der Waals surface area contributed by atoms with Crippen molar-refractivity contribution in [2.45, 2.75) is 12.2 Å². The summed E-state index contributed by atoms with van der Waals surface area (Å²) in [7, 11) is 2.68. The molecule has 0 saturated heterocycles. The van der Waals surface area contributed by atoms with Crippen LogP contribution in [0.2, 0.25) is 0 Å². The standard InChI is InChI=1S/C13H17NO4S/c1-17-11(15)6-7-19-8-9-4-3-5-10(14)12(9)13(16)18-2/h3-5H,6-8,14H2,1-2H3. The van der Waals surface area contributed by atoms with Gasteiger partial charge in [-0.25, -0.2) is 4.79 Å². The SMILES string of the molecule is COC(=O)CCSCc1cccc(N)c1C(=O)OC. The van der Waals surface area contributed by atoms with Crippen LogP contribution in [0.3, 0.4) is 0 Å². The van der Waals surface area contributed by atoms with Crippen molar-refractivity contribution >= 4 is 29.4 Å². The maximum Gasteiger partial charge on any atom is 0.340 e. The number of esters is 2. The summed E-state index contributed by atoms with van der Waals surface area (Å²) in [6, 6.07) is 5.28. The highest BCUT2D eigenvalue weighted by Crippen LogP contribution is 2.23. The number of hydrogen-bond acceptors (Lipinski definition) is 6. The van der Waals surface area contributed by atoms with Crippen LogP contribution in [-0.2, 0) is 20.0 Å². The number of hydrogen-bond donors (Lipinski definition) is 1. The molecule has 0 fully saturated rings. The minimum Gasteiger partial charge on any atom is -0.469 e. The Bertz CT molecular complexity index is 462. The van der Waals surface area contributed by atoms with Gasteiger partial charge in [0, 0.05) is 17.2 Å². The average molecular weight is 283 g/mol. The van der Waals surface area contributed by atoms with E-state index in [1.165, 1.54) is 26.0 Å². The fourth-order valence-electron chi connectivity index (χ4n) is 1.53. The second-order valence-electron chi connectivity index (χ2n) is 3.75. The summed E-state index contributed by atoms with van der Waals surface area (Å²) in [4.78, 5) is 22.6. The Labute approximate surface area is 116 Å². The van der Waals surface area contributed by atoms with Gasteiger partial charge < -0.3 is 15.2 Å². The summed E-state index contributed by atoms with van der Waals surface area (Å²) < 4.78 is 9.27. The van der Waals surface area contributed by atoms with Crippen molar-refractivity contribution in [3.8, 4) is 0 Å². The number of methoxy groups -OCH3 is 2. The number of carbonyl (C=O) groups excluding carboxylic acids is 2. The van der Waals surface area contributed by atoms with Gasteiger partial charge in [0.2, 0.25) is 0 Å². The Morgan fingerprint density at radius 1 is 1.26 bits per heavy atom. The zero-order chi connectivity index (χ0) is 14.3. The Hall–Kier alpha value is -1.69. The first-order valence-electron chi connectivity index (χ1n) is 5.70. The van der Waals surface area contributed by atoms with Crippen molar-refractivity contribution < 1.29 is 19.1 Å². The van der Waals surface area contributed by atoms with Crippen molar-refractivity contribution in [1.29, 1.82) is 0 Å². The van der Waals surface area contributed by atoms with Crippen LogP contribution in [0.4, 0.5) is 5.69 Å². The molecule has 0 atom stereocenters. The van der Waals surface area contributed by atoms with E-state index in [0.29, 0.717) is 29.2 Å². The van der Waals surface area contributed by atoms with Crippen LogP contribution in [-0.4, -0.2) is 31.9 Å². The predicted molar refractivity (Wildman–Crippen MR) is 75.0 cm³/mol. The zero-order valence-corrected chi connectivity index (χ0v) is 11.8. The normalized spacial score (nSPS) is 10.0. The fourth-order valence-corrected chi connectivity index (χ4v) is 2.45. The van der Waals surface area contributed by atoms with Crippen molar-refractivity contribution in [3.63, 3.8) is 0 Å². The minimum atomic E-state index is -0.443. The largest absolute Gasteiger partial charge is 0.469 e. The molecule has 0 bridgehead atoms. The van der Waals surface area contributed by atoms with E-state index in [1.54, 1.807) is 12.1 Å². The van der Waals surface area contributed by atoms with E-state index in [-0.39, 0.29) is 5.97 Å². The van der Waals surface area contributed by atoms with Crippen LogP contribution in [0, 0.1) is 0 Å². The number of thioether (sulfide) groups is 1. The lowest BCUT2D eigenvalue weighted by molar-refractivity contribution is -0.140. The van der Waals surface area contributed by atoms with Crippen LogP contribution in [0.25, 0.3) is 0 Å². The first kappa shape index (κ1) is 15.4. The van der Waals surface area contributed by atoms with Crippen molar-refractivity contribution in [3.05, 3.63) is 29.3 Å². The van der Waals surface area contributed by atoms with E-state index in [4.69, 9.17) is 10.5 Å². The van der Waals surface area contributed by atoms with Gasteiger partial charge in [-0.3, -0.25) is 4.79 Å². The van der Waals surface area contributed by atoms with Crippen LogP contribution in [0.5, 0.6) is 0 Å². The molecule has 1 rings (SSSR count). The number of benzene rings is 1. The summed E-state index contributed by atoms with van der Waals surface area (Å²) in [5.41, 5.74) is 7.39. The minimum absolute atomic E-state index is 0.242. The highest BCUT2D eigenvalue weighted by atomic mass is 32.2. The lowest BCUT2D eigenvalue weighted by atomic mass is 10.1. The second kappa shape index (κ2) is 7.68. The molecule has 0 heterocycles. The Balaban J connectivity index is 2.65. The molecule has 0 amide bonds. The molecule has 19 heavy (non-hydrogen) atoms. The van der Waals surface area contributed by atoms with E-state index < -0.39 is 5.97 Å². The molecule has 0 aliphatic rings. The highest BCUT2D eigenvalue weighted by molar-refractivity contribution is 7.98. The summed E-state index contributed by atoms with van der Waals surface area (Å²) in [5, 5.41) is 0. The molecule has 0 aliphatic heterocycles. The number of carbonyl (C=O) groups is 2. The maximum absolute atomic E-state index is 11.7. The quantitative estimate of drug-likeness (QED) is 0.487. The molecule has 2 N–H and O–H groups in total. The molecule has 6 heteroatoms. The van der Waals surface area contributed by atoms with Gasteiger partial charge in [0.1, 0.15) is 0 Å². The first-order chi connectivity index (χ1) is 9.10. The Morgan fingerprint density at radius 3 is 2.63 bits per heavy atom. The van der Waals surface area contributed by atoms with Gasteiger partial charge in [0.25, 0.3) is 0 Å². The second-order valence-corrected chi connectivity index (χ2v) is 4.86. The number of nitrogens with two attached hydrogens (primary N) is 1.